The van der Waals surface area contributed by atoms with E-state index in [0.29, 0.717) is 6.04 Å². The first-order valence-electron chi connectivity index (χ1n) is 7.02. The minimum absolute atomic E-state index is 0.155. The number of hydrogen-bond donors (Lipinski definition) is 3. The van der Waals surface area contributed by atoms with E-state index in [1.54, 1.807) is 0 Å². The second-order valence-corrected chi connectivity index (χ2v) is 5.52. The van der Waals surface area contributed by atoms with Crippen LogP contribution in [0.25, 0.3) is 0 Å². The molecule has 4 N–H and O–H groups in total. The lowest BCUT2D eigenvalue weighted by molar-refractivity contribution is -0.126. The average Bonchev–Trinajstić information content (AvgIpc) is 2.37. The molecular formula is C13H25N3O. The Kier molecular flexibility index (Phi) is 4.80. The molecule has 1 saturated heterocycles. The number of piperidine rings is 1. The van der Waals surface area contributed by atoms with E-state index in [9.17, 15) is 4.79 Å². The zero-order valence-corrected chi connectivity index (χ0v) is 10.6. The van der Waals surface area contributed by atoms with Crippen molar-refractivity contribution in [1.29, 1.82) is 0 Å². The lowest BCUT2D eigenvalue weighted by atomic mass is 9.85. The number of rotatable bonds is 3. The van der Waals surface area contributed by atoms with Crippen LogP contribution in [-0.2, 0) is 4.79 Å². The van der Waals surface area contributed by atoms with Gasteiger partial charge in [-0.3, -0.25) is 4.79 Å². The molecule has 98 valence electrons. The van der Waals surface area contributed by atoms with E-state index in [2.05, 4.69) is 10.6 Å². The van der Waals surface area contributed by atoms with Crippen molar-refractivity contribution < 1.29 is 4.79 Å². The molecule has 4 nitrogen and oxygen atoms in total. The minimum atomic E-state index is 0.155. The van der Waals surface area contributed by atoms with Crippen LogP contribution >= 0.6 is 0 Å². The maximum Gasteiger partial charge on any atom is 0.223 e. The van der Waals surface area contributed by atoms with Crippen molar-refractivity contribution in [2.45, 2.75) is 57.0 Å². The molecule has 17 heavy (non-hydrogen) atoms. The highest BCUT2D eigenvalue weighted by atomic mass is 16.1. The smallest absolute Gasteiger partial charge is 0.223 e. The van der Waals surface area contributed by atoms with Gasteiger partial charge in [0.25, 0.3) is 0 Å². The Balaban J connectivity index is 1.69. The summed E-state index contributed by atoms with van der Waals surface area (Å²) in [5.74, 6) is 0.370. The highest BCUT2D eigenvalue weighted by molar-refractivity contribution is 5.78. The van der Waals surface area contributed by atoms with Gasteiger partial charge in [0.2, 0.25) is 5.91 Å². The van der Waals surface area contributed by atoms with Gasteiger partial charge in [0.1, 0.15) is 0 Å². The molecule has 0 aromatic carbocycles. The molecule has 1 aliphatic carbocycles. The molecule has 3 atom stereocenters. The van der Waals surface area contributed by atoms with E-state index in [4.69, 9.17) is 5.73 Å². The molecule has 0 aromatic heterocycles. The van der Waals surface area contributed by atoms with E-state index < -0.39 is 0 Å². The molecule has 0 spiro atoms. The van der Waals surface area contributed by atoms with E-state index in [1.165, 1.54) is 19.3 Å². The van der Waals surface area contributed by atoms with Gasteiger partial charge in [-0.2, -0.15) is 0 Å². The summed E-state index contributed by atoms with van der Waals surface area (Å²) in [7, 11) is 0. The summed E-state index contributed by atoms with van der Waals surface area (Å²) in [6.07, 6.45) is 7.78. The first-order valence-corrected chi connectivity index (χ1v) is 7.02. The monoisotopic (exact) mass is 239 g/mol. The highest BCUT2D eigenvalue weighted by Crippen LogP contribution is 2.23. The van der Waals surface area contributed by atoms with Crippen LogP contribution in [0.4, 0.5) is 0 Å². The van der Waals surface area contributed by atoms with Gasteiger partial charge >= 0.3 is 0 Å². The first-order chi connectivity index (χ1) is 8.25. The van der Waals surface area contributed by atoms with Crippen LogP contribution in [0.15, 0.2) is 0 Å². The largest absolute Gasteiger partial charge is 0.354 e. The van der Waals surface area contributed by atoms with Crippen molar-refractivity contribution in [2.24, 2.45) is 11.7 Å². The fourth-order valence-electron chi connectivity index (χ4n) is 2.93. The van der Waals surface area contributed by atoms with Gasteiger partial charge in [-0.05, 0) is 38.6 Å². The van der Waals surface area contributed by atoms with E-state index in [0.717, 1.165) is 38.8 Å². The molecule has 2 fully saturated rings. The predicted octanol–water partition coefficient (Wildman–Crippen LogP) is 0.762. The van der Waals surface area contributed by atoms with Crippen LogP contribution in [0, 0.1) is 5.92 Å². The summed E-state index contributed by atoms with van der Waals surface area (Å²) in [6, 6.07) is 0.706. The Morgan fingerprint density at radius 1 is 1.24 bits per heavy atom. The molecule has 0 aromatic rings. The molecule has 0 radical (unpaired) electrons. The summed E-state index contributed by atoms with van der Waals surface area (Å²) in [5.41, 5.74) is 5.91. The fraction of sp³-hybridized carbons (Fsp3) is 0.923. The molecule has 0 unspecified atom stereocenters. The normalized spacial score (nSPS) is 34.3. The van der Waals surface area contributed by atoms with E-state index >= 15 is 0 Å². The van der Waals surface area contributed by atoms with Crippen molar-refractivity contribution in [3.8, 4) is 0 Å². The Morgan fingerprint density at radius 3 is 2.82 bits per heavy atom. The van der Waals surface area contributed by atoms with Gasteiger partial charge in [0, 0.05) is 24.5 Å². The summed E-state index contributed by atoms with van der Waals surface area (Å²) in [4.78, 5) is 12.0. The fourth-order valence-corrected chi connectivity index (χ4v) is 2.93. The van der Waals surface area contributed by atoms with Gasteiger partial charge in [0.05, 0.1) is 0 Å². The predicted molar refractivity (Wildman–Crippen MR) is 68.6 cm³/mol. The van der Waals surface area contributed by atoms with Crippen LogP contribution in [0.2, 0.25) is 0 Å². The van der Waals surface area contributed by atoms with E-state index in [-0.39, 0.29) is 17.9 Å². The summed E-state index contributed by atoms with van der Waals surface area (Å²) < 4.78 is 0. The van der Waals surface area contributed by atoms with Crippen molar-refractivity contribution in [1.82, 2.24) is 10.6 Å². The Labute approximate surface area is 104 Å². The maximum atomic E-state index is 12.0. The third kappa shape index (κ3) is 3.96. The van der Waals surface area contributed by atoms with Crippen LogP contribution in [0.5, 0.6) is 0 Å². The van der Waals surface area contributed by atoms with Crippen molar-refractivity contribution >= 4 is 5.91 Å². The Morgan fingerprint density at radius 2 is 2.12 bits per heavy atom. The quantitative estimate of drug-likeness (QED) is 0.681. The average molecular weight is 239 g/mol. The minimum Gasteiger partial charge on any atom is -0.354 e. The van der Waals surface area contributed by atoms with Crippen molar-refractivity contribution in [3.63, 3.8) is 0 Å². The lowest BCUT2D eigenvalue weighted by Gasteiger charge is -2.28. The van der Waals surface area contributed by atoms with Crippen molar-refractivity contribution in [2.75, 3.05) is 13.1 Å². The standard InChI is InChI=1S/C13H25N3O/c14-11-5-3-4-10(8-11)13(17)16-9-12-6-1-2-7-15-12/h10-12,15H,1-9,14H2,(H,16,17)/t10-,11-,12-/m1/s1. The first kappa shape index (κ1) is 12.8. The van der Waals surface area contributed by atoms with Gasteiger partial charge < -0.3 is 16.4 Å². The molecule has 0 bridgehead atoms. The zero-order chi connectivity index (χ0) is 12.1. The lowest BCUT2D eigenvalue weighted by Crippen LogP contribution is -2.46. The number of amides is 1. The number of hydrogen-bond acceptors (Lipinski definition) is 3. The van der Waals surface area contributed by atoms with Gasteiger partial charge in [-0.1, -0.05) is 12.8 Å². The molecule has 1 amide bonds. The molecule has 1 heterocycles. The molecule has 2 aliphatic rings. The Bertz CT molecular complexity index is 251. The second kappa shape index (κ2) is 6.36. The summed E-state index contributed by atoms with van der Waals surface area (Å²) in [6.45, 7) is 1.87. The zero-order valence-electron chi connectivity index (χ0n) is 10.6. The molecule has 1 aliphatic heterocycles. The van der Waals surface area contributed by atoms with Gasteiger partial charge in [-0.15, -0.1) is 0 Å². The molecule has 2 rings (SSSR count). The van der Waals surface area contributed by atoms with E-state index in [1.807, 2.05) is 0 Å². The molecule has 1 saturated carbocycles. The number of nitrogens with one attached hydrogen (secondary N) is 2. The third-order valence-corrected chi connectivity index (χ3v) is 4.02. The van der Waals surface area contributed by atoms with Crippen LogP contribution in [-0.4, -0.2) is 31.1 Å². The highest BCUT2D eigenvalue weighted by Gasteiger charge is 2.25. The Hall–Kier alpha value is -0.610. The third-order valence-electron chi connectivity index (χ3n) is 4.02. The maximum absolute atomic E-state index is 12.0. The molecular weight excluding hydrogens is 214 g/mol. The number of carbonyl (C=O) groups excluding carboxylic acids is 1. The van der Waals surface area contributed by atoms with Crippen LogP contribution in [0.1, 0.15) is 44.9 Å². The topological polar surface area (TPSA) is 67.2 Å². The summed E-state index contributed by atoms with van der Waals surface area (Å²) >= 11 is 0. The SMILES string of the molecule is N[C@@H]1CCC[C@@H](C(=O)NC[C@H]2CCCCN2)C1. The van der Waals surface area contributed by atoms with Crippen molar-refractivity contribution in [3.05, 3.63) is 0 Å². The number of nitrogens with two attached hydrogens (primary N) is 1. The van der Waals surface area contributed by atoms with Crippen LogP contribution in [0.3, 0.4) is 0 Å². The summed E-state index contributed by atoms with van der Waals surface area (Å²) in [5, 5.41) is 6.53. The van der Waals surface area contributed by atoms with Gasteiger partial charge in [-0.25, -0.2) is 0 Å². The number of carbonyl (C=O) groups is 1. The van der Waals surface area contributed by atoms with Gasteiger partial charge in [0.15, 0.2) is 0 Å². The molecule has 4 heteroatoms. The van der Waals surface area contributed by atoms with Crippen LogP contribution < -0.4 is 16.4 Å². The second-order valence-electron chi connectivity index (χ2n) is 5.52.